The van der Waals surface area contributed by atoms with E-state index < -0.39 is 19.9 Å². The lowest BCUT2D eigenvalue weighted by Crippen LogP contribution is -2.38. The highest BCUT2D eigenvalue weighted by Gasteiger charge is 2.38. The van der Waals surface area contributed by atoms with Gasteiger partial charge in [0, 0.05) is 6.54 Å². The van der Waals surface area contributed by atoms with E-state index in [2.05, 4.69) is 55.9 Å². The molecule has 0 unspecified atom stereocenters. The Hall–Kier alpha value is -0.790. The molecule has 14 heteroatoms. The summed E-state index contributed by atoms with van der Waals surface area (Å²) >= 11 is 0. The SMILES string of the molecule is CCN(CC)CC.CCN(CC)CC.O=C(NCCOCCOCCOP(=O)(O)O)C(F)(F)F. The fraction of sp³-hybridized carbons (Fsp3) is 0.950. The molecular weight excluding hydrogens is 482 g/mol. The molecule has 10 nitrogen and oxygen atoms in total. The number of phosphoric ester groups is 1. The third-order valence-electron chi connectivity index (χ3n) is 4.33. The first-order chi connectivity index (χ1) is 15.8. The van der Waals surface area contributed by atoms with Crippen LogP contribution in [0.1, 0.15) is 41.5 Å². The lowest BCUT2D eigenvalue weighted by atomic mass is 10.5. The summed E-state index contributed by atoms with van der Waals surface area (Å²) in [6.07, 6.45) is -4.91. The van der Waals surface area contributed by atoms with E-state index >= 15 is 0 Å². The number of alkyl halides is 3. The van der Waals surface area contributed by atoms with Crippen molar-refractivity contribution in [2.24, 2.45) is 0 Å². The topological polar surface area (TPSA) is 121 Å². The molecule has 0 aromatic heterocycles. The highest BCUT2D eigenvalue weighted by Crippen LogP contribution is 2.35. The predicted molar refractivity (Wildman–Crippen MR) is 126 cm³/mol. The molecule has 0 spiro atoms. The molecule has 0 radical (unpaired) electrons. The molecule has 0 rings (SSSR count). The maximum Gasteiger partial charge on any atom is 0.471 e. The van der Waals surface area contributed by atoms with Crippen molar-refractivity contribution < 1.29 is 46.3 Å². The number of nitrogens with zero attached hydrogens (tertiary/aromatic N) is 2. The number of carbonyl (C=O) groups excluding carboxylic acids is 1. The summed E-state index contributed by atoms with van der Waals surface area (Å²) in [6.45, 7) is 19.6. The number of phosphoric acid groups is 1. The van der Waals surface area contributed by atoms with Gasteiger partial charge in [0.05, 0.1) is 33.0 Å². The van der Waals surface area contributed by atoms with E-state index in [1.807, 2.05) is 0 Å². The average Bonchev–Trinajstić information content (AvgIpc) is 2.77. The van der Waals surface area contributed by atoms with Gasteiger partial charge in [-0.15, -0.1) is 0 Å². The fourth-order valence-corrected chi connectivity index (χ4v) is 2.53. The zero-order valence-electron chi connectivity index (χ0n) is 21.4. The largest absolute Gasteiger partial charge is 0.471 e. The second-order valence-corrected chi connectivity index (χ2v) is 7.78. The number of carbonyl (C=O) groups is 1. The van der Waals surface area contributed by atoms with Crippen LogP contribution in [0, 0.1) is 0 Å². The number of hydrogen-bond donors (Lipinski definition) is 3. The van der Waals surface area contributed by atoms with E-state index in [0.717, 1.165) is 0 Å². The van der Waals surface area contributed by atoms with Gasteiger partial charge in [-0.05, 0) is 39.3 Å². The molecule has 0 aromatic rings. The van der Waals surface area contributed by atoms with Gasteiger partial charge in [0.1, 0.15) is 0 Å². The van der Waals surface area contributed by atoms with E-state index in [1.54, 1.807) is 5.32 Å². The third-order valence-corrected chi connectivity index (χ3v) is 4.85. The summed E-state index contributed by atoms with van der Waals surface area (Å²) in [5.41, 5.74) is 0. The minimum Gasteiger partial charge on any atom is -0.377 e. The molecule has 0 atom stereocenters. The molecule has 0 saturated heterocycles. The first-order valence-corrected chi connectivity index (χ1v) is 13.0. The molecule has 0 aromatic carbocycles. The van der Waals surface area contributed by atoms with Crippen molar-refractivity contribution in [3.05, 3.63) is 0 Å². The summed E-state index contributed by atoms with van der Waals surface area (Å²) in [6, 6.07) is 0. The Morgan fingerprint density at radius 3 is 1.41 bits per heavy atom. The van der Waals surface area contributed by atoms with Crippen LogP contribution in [-0.4, -0.2) is 111 Å². The van der Waals surface area contributed by atoms with Gasteiger partial charge >= 0.3 is 19.9 Å². The van der Waals surface area contributed by atoms with Gasteiger partial charge in [0.15, 0.2) is 0 Å². The highest BCUT2D eigenvalue weighted by molar-refractivity contribution is 7.46. The molecule has 0 fully saturated rings. The Morgan fingerprint density at radius 1 is 0.765 bits per heavy atom. The lowest BCUT2D eigenvalue weighted by Gasteiger charge is -2.13. The van der Waals surface area contributed by atoms with Gasteiger partial charge in [-0.3, -0.25) is 9.32 Å². The van der Waals surface area contributed by atoms with Crippen molar-refractivity contribution in [3.63, 3.8) is 0 Å². The van der Waals surface area contributed by atoms with E-state index in [4.69, 9.17) is 19.3 Å². The Labute approximate surface area is 202 Å². The quantitative estimate of drug-likeness (QED) is 0.205. The summed E-state index contributed by atoms with van der Waals surface area (Å²) in [4.78, 5) is 31.7. The fourth-order valence-electron chi connectivity index (χ4n) is 2.22. The molecular formula is C20H45F3N3O7P. The van der Waals surface area contributed by atoms with E-state index in [-0.39, 0.29) is 39.6 Å². The summed E-state index contributed by atoms with van der Waals surface area (Å²) in [5.74, 6) is -2.04. The highest BCUT2D eigenvalue weighted by atomic mass is 31.2. The first-order valence-electron chi connectivity index (χ1n) is 11.5. The monoisotopic (exact) mass is 527 g/mol. The molecule has 0 aliphatic carbocycles. The van der Waals surface area contributed by atoms with Crippen molar-refractivity contribution >= 4 is 13.7 Å². The van der Waals surface area contributed by atoms with E-state index in [1.165, 1.54) is 39.3 Å². The normalized spacial score (nSPS) is 11.6. The average molecular weight is 528 g/mol. The molecule has 208 valence electrons. The van der Waals surface area contributed by atoms with Crippen LogP contribution < -0.4 is 5.32 Å². The molecule has 1 amide bonds. The smallest absolute Gasteiger partial charge is 0.377 e. The minimum absolute atomic E-state index is 0.0534. The second kappa shape index (κ2) is 23.9. The number of nitrogens with one attached hydrogen (secondary N) is 1. The van der Waals surface area contributed by atoms with Crippen LogP contribution in [-0.2, 0) is 23.4 Å². The molecule has 0 bridgehead atoms. The first kappa shape index (κ1) is 37.8. The van der Waals surface area contributed by atoms with Crippen LogP contribution in [0.25, 0.3) is 0 Å². The zero-order chi connectivity index (χ0) is 27.0. The van der Waals surface area contributed by atoms with Crippen LogP contribution in [0.15, 0.2) is 0 Å². The molecule has 0 saturated carbocycles. The summed E-state index contributed by atoms with van der Waals surface area (Å²) in [5, 5.41) is 1.61. The van der Waals surface area contributed by atoms with Gasteiger partial charge in [0.25, 0.3) is 0 Å². The number of halogens is 3. The lowest BCUT2D eigenvalue weighted by molar-refractivity contribution is -0.173. The van der Waals surface area contributed by atoms with E-state index in [9.17, 15) is 22.5 Å². The van der Waals surface area contributed by atoms with Gasteiger partial charge in [0.2, 0.25) is 0 Å². The summed E-state index contributed by atoms with van der Waals surface area (Å²) in [7, 11) is -4.50. The molecule has 0 heterocycles. The van der Waals surface area contributed by atoms with Gasteiger partial charge in [-0.25, -0.2) is 4.57 Å². The summed E-state index contributed by atoms with van der Waals surface area (Å²) < 4.78 is 59.2. The standard InChI is InChI=1S/C8H15F3NO7P.2C6H15N/c9-8(10,11)7(13)12-1-2-17-3-4-18-5-6-19-20(14,15)16;2*1-4-7(5-2)6-3/h1-6H2,(H,12,13)(H2,14,15,16);2*4-6H2,1-3H3. The number of hydrogen-bond acceptors (Lipinski definition) is 7. The van der Waals surface area contributed by atoms with Gasteiger partial charge in [-0.1, -0.05) is 41.5 Å². The van der Waals surface area contributed by atoms with Crippen LogP contribution in [0.3, 0.4) is 0 Å². The third kappa shape index (κ3) is 29.2. The molecule has 3 N–H and O–H groups in total. The van der Waals surface area contributed by atoms with Crippen LogP contribution >= 0.6 is 7.82 Å². The second-order valence-electron chi connectivity index (χ2n) is 6.54. The van der Waals surface area contributed by atoms with Gasteiger partial charge in [-0.2, -0.15) is 13.2 Å². The van der Waals surface area contributed by atoms with E-state index in [0.29, 0.717) is 0 Å². The minimum atomic E-state index is -4.91. The Balaban J connectivity index is -0.000000558. The molecule has 0 aliphatic heterocycles. The number of ether oxygens (including phenoxy) is 2. The molecule has 34 heavy (non-hydrogen) atoms. The van der Waals surface area contributed by atoms with Crippen LogP contribution in [0.4, 0.5) is 13.2 Å². The van der Waals surface area contributed by atoms with Crippen molar-refractivity contribution in [2.75, 3.05) is 78.8 Å². The Kier molecular flexibility index (Phi) is 26.6. The number of rotatable bonds is 16. The van der Waals surface area contributed by atoms with Gasteiger partial charge < -0.3 is 34.4 Å². The van der Waals surface area contributed by atoms with Crippen molar-refractivity contribution in [1.82, 2.24) is 15.1 Å². The predicted octanol–water partition coefficient (Wildman–Crippen LogP) is 2.50. The van der Waals surface area contributed by atoms with Crippen molar-refractivity contribution in [3.8, 4) is 0 Å². The maximum absolute atomic E-state index is 11.7. The Bertz CT molecular complexity index is 481. The van der Waals surface area contributed by atoms with Crippen molar-refractivity contribution in [1.29, 1.82) is 0 Å². The van der Waals surface area contributed by atoms with Crippen LogP contribution in [0.2, 0.25) is 0 Å². The number of amides is 1. The zero-order valence-corrected chi connectivity index (χ0v) is 22.3. The van der Waals surface area contributed by atoms with Crippen molar-refractivity contribution in [2.45, 2.75) is 47.7 Å². The molecule has 0 aliphatic rings. The van der Waals surface area contributed by atoms with Crippen LogP contribution in [0.5, 0.6) is 0 Å². The Morgan fingerprint density at radius 2 is 1.12 bits per heavy atom. The maximum atomic E-state index is 11.7.